The topological polar surface area (TPSA) is 80.9 Å². The van der Waals surface area contributed by atoms with E-state index in [1.807, 2.05) is 0 Å². The van der Waals surface area contributed by atoms with Crippen LogP contribution in [0.25, 0.3) is 16.6 Å². The molecule has 3 rings (SSSR count). The van der Waals surface area contributed by atoms with E-state index < -0.39 is 23.0 Å². The average molecular weight is 321 g/mol. The van der Waals surface area contributed by atoms with Crippen LogP contribution in [0.2, 0.25) is 0 Å². The van der Waals surface area contributed by atoms with Gasteiger partial charge in [-0.1, -0.05) is 6.07 Å². The van der Waals surface area contributed by atoms with Crippen molar-refractivity contribution in [3.05, 3.63) is 68.9 Å². The van der Waals surface area contributed by atoms with E-state index in [1.165, 1.54) is 12.1 Å². The maximum atomic E-state index is 12.9. The van der Waals surface area contributed by atoms with Crippen molar-refractivity contribution < 1.29 is 13.2 Å². The summed E-state index contributed by atoms with van der Waals surface area (Å²) in [6, 6.07) is 8.68. The number of H-pyrrole nitrogens is 1. The van der Waals surface area contributed by atoms with Gasteiger partial charge in [-0.2, -0.15) is 13.2 Å². The first kappa shape index (κ1) is 14.9. The average Bonchev–Trinajstić information content (AvgIpc) is 2.46. The molecule has 0 saturated heterocycles. The lowest BCUT2D eigenvalue weighted by molar-refractivity contribution is -0.137. The zero-order valence-electron chi connectivity index (χ0n) is 11.5. The van der Waals surface area contributed by atoms with Crippen LogP contribution in [0.4, 0.5) is 18.9 Å². The molecule has 0 saturated carbocycles. The molecule has 0 aliphatic rings. The van der Waals surface area contributed by atoms with Gasteiger partial charge in [-0.05, 0) is 36.4 Å². The number of rotatable bonds is 1. The van der Waals surface area contributed by atoms with E-state index in [9.17, 15) is 22.8 Å². The van der Waals surface area contributed by atoms with E-state index in [2.05, 4.69) is 4.98 Å². The summed E-state index contributed by atoms with van der Waals surface area (Å²) in [5.41, 5.74) is 3.56. The molecule has 5 nitrogen and oxygen atoms in total. The summed E-state index contributed by atoms with van der Waals surface area (Å²) in [7, 11) is 0. The van der Waals surface area contributed by atoms with E-state index >= 15 is 0 Å². The van der Waals surface area contributed by atoms with Gasteiger partial charge in [0.1, 0.15) is 0 Å². The highest BCUT2D eigenvalue weighted by Crippen LogP contribution is 2.31. The molecule has 0 atom stereocenters. The number of nitrogens with two attached hydrogens (primary N) is 1. The molecule has 3 N–H and O–H groups in total. The molecule has 1 heterocycles. The number of halogens is 3. The predicted molar refractivity (Wildman–Crippen MR) is 79.6 cm³/mol. The van der Waals surface area contributed by atoms with Crippen LogP contribution in [-0.4, -0.2) is 9.55 Å². The van der Waals surface area contributed by atoms with Crippen molar-refractivity contribution >= 4 is 16.6 Å². The summed E-state index contributed by atoms with van der Waals surface area (Å²) in [4.78, 5) is 26.0. The number of nitrogen functional groups attached to an aromatic ring is 1. The highest BCUT2D eigenvalue weighted by atomic mass is 19.4. The molecule has 23 heavy (non-hydrogen) atoms. The Kier molecular flexibility index (Phi) is 3.24. The van der Waals surface area contributed by atoms with Crippen LogP contribution in [0.1, 0.15) is 5.56 Å². The Hall–Kier alpha value is -3.03. The molecule has 0 spiro atoms. The Morgan fingerprint density at radius 2 is 1.78 bits per heavy atom. The molecule has 0 amide bonds. The molecule has 0 aliphatic heterocycles. The lowest BCUT2D eigenvalue weighted by Crippen LogP contribution is -2.29. The quantitative estimate of drug-likeness (QED) is 0.675. The van der Waals surface area contributed by atoms with Crippen LogP contribution >= 0.6 is 0 Å². The number of aromatic amines is 1. The third-order valence-electron chi connectivity index (χ3n) is 3.36. The van der Waals surface area contributed by atoms with Crippen molar-refractivity contribution in [2.75, 3.05) is 5.73 Å². The van der Waals surface area contributed by atoms with Gasteiger partial charge >= 0.3 is 11.9 Å². The number of nitrogens with zero attached hydrogens (tertiary/aromatic N) is 1. The summed E-state index contributed by atoms with van der Waals surface area (Å²) in [5, 5.41) is -0.0278. The minimum absolute atomic E-state index is 0.0278. The smallest absolute Gasteiger partial charge is 0.399 e. The van der Waals surface area contributed by atoms with Crippen molar-refractivity contribution in [1.82, 2.24) is 9.55 Å². The second-order valence-electron chi connectivity index (χ2n) is 4.92. The van der Waals surface area contributed by atoms with Crippen molar-refractivity contribution in [3.8, 4) is 5.69 Å². The molecule has 8 heteroatoms. The number of hydrogen-bond acceptors (Lipinski definition) is 3. The Labute approximate surface area is 126 Å². The van der Waals surface area contributed by atoms with E-state index in [0.29, 0.717) is 5.69 Å². The van der Waals surface area contributed by atoms with Crippen LogP contribution < -0.4 is 17.0 Å². The van der Waals surface area contributed by atoms with Crippen LogP contribution in [0.5, 0.6) is 0 Å². The SMILES string of the molecule is Nc1cccc(-n2c(=O)[nH]c(=O)c3ccc(C(F)(F)F)cc32)c1. The largest absolute Gasteiger partial charge is 0.416 e. The van der Waals surface area contributed by atoms with Gasteiger partial charge in [0.05, 0.1) is 22.2 Å². The Balaban J connectivity index is 2.45. The first-order chi connectivity index (χ1) is 10.8. The molecule has 0 aliphatic carbocycles. The van der Waals surface area contributed by atoms with E-state index in [1.54, 1.807) is 12.1 Å². The molecule has 2 aromatic carbocycles. The number of benzene rings is 2. The zero-order chi connectivity index (χ0) is 16.8. The van der Waals surface area contributed by atoms with Crippen LogP contribution in [0.15, 0.2) is 52.1 Å². The van der Waals surface area contributed by atoms with Gasteiger partial charge in [0.2, 0.25) is 0 Å². The van der Waals surface area contributed by atoms with Gasteiger partial charge < -0.3 is 5.73 Å². The Morgan fingerprint density at radius 3 is 2.43 bits per heavy atom. The van der Waals surface area contributed by atoms with E-state index in [4.69, 9.17) is 5.73 Å². The first-order valence-electron chi connectivity index (χ1n) is 6.49. The number of hydrogen-bond donors (Lipinski definition) is 2. The van der Waals surface area contributed by atoms with E-state index in [0.717, 1.165) is 22.8 Å². The number of fused-ring (bicyclic) bond motifs is 1. The highest BCUT2D eigenvalue weighted by molar-refractivity contribution is 5.80. The van der Waals surface area contributed by atoms with Crippen LogP contribution in [0, 0.1) is 0 Å². The van der Waals surface area contributed by atoms with Gasteiger partial charge in [-0.25, -0.2) is 4.79 Å². The summed E-state index contributed by atoms with van der Waals surface area (Å²) < 4.78 is 39.8. The molecule has 118 valence electrons. The number of aromatic nitrogens is 2. The normalized spacial score (nSPS) is 11.8. The molecule has 0 fully saturated rings. The van der Waals surface area contributed by atoms with Crippen molar-refractivity contribution in [3.63, 3.8) is 0 Å². The number of anilines is 1. The number of alkyl halides is 3. The molecule has 1 aromatic heterocycles. The molecule has 0 bridgehead atoms. The maximum absolute atomic E-state index is 12.9. The van der Waals surface area contributed by atoms with Crippen molar-refractivity contribution in [1.29, 1.82) is 0 Å². The molecule has 3 aromatic rings. The van der Waals surface area contributed by atoms with E-state index in [-0.39, 0.29) is 16.6 Å². The third kappa shape index (κ3) is 2.59. The number of nitrogens with one attached hydrogen (secondary N) is 1. The first-order valence-corrected chi connectivity index (χ1v) is 6.49. The van der Waals surface area contributed by atoms with Gasteiger partial charge in [-0.15, -0.1) is 0 Å². The summed E-state index contributed by atoms with van der Waals surface area (Å²) >= 11 is 0. The van der Waals surface area contributed by atoms with Crippen molar-refractivity contribution in [2.45, 2.75) is 6.18 Å². The standard InChI is InChI=1S/C15H10F3N3O2/c16-15(17,18)8-4-5-11-12(6-8)21(14(23)20-13(11)22)10-3-1-2-9(19)7-10/h1-7H,19H2,(H,20,22,23). The summed E-state index contributed by atoms with van der Waals surface area (Å²) in [5.74, 6) is 0. The molecular weight excluding hydrogens is 311 g/mol. The van der Waals surface area contributed by atoms with Crippen LogP contribution in [0.3, 0.4) is 0 Å². The lowest BCUT2D eigenvalue weighted by Gasteiger charge is -2.12. The predicted octanol–water partition coefficient (Wildman–Crippen LogP) is 2.28. The monoisotopic (exact) mass is 321 g/mol. The Morgan fingerprint density at radius 1 is 1.04 bits per heavy atom. The third-order valence-corrected chi connectivity index (χ3v) is 3.36. The van der Waals surface area contributed by atoms with Crippen molar-refractivity contribution in [2.24, 2.45) is 0 Å². The minimum Gasteiger partial charge on any atom is -0.399 e. The van der Waals surface area contributed by atoms with Gasteiger partial charge in [-0.3, -0.25) is 14.3 Å². The Bertz CT molecular complexity index is 1020. The molecule has 0 unspecified atom stereocenters. The fourth-order valence-corrected chi connectivity index (χ4v) is 2.33. The lowest BCUT2D eigenvalue weighted by atomic mass is 10.1. The van der Waals surface area contributed by atoms with Crippen LogP contribution in [-0.2, 0) is 6.18 Å². The summed E-state index contributed by atoms with van der Waals surface area (Å²) in [6.45, 7) is 0. The maximum Gasteiger partial charge on any atom is 0.416 e. The minimum atomic E-state index is -4.59. The van der Waals surface area contributed by atoms with Gasteiger partial charge in [0, 0.05) is 5.69 Å². The second kappa shape index (κ2) is 5.01. The fraction of sp³-hybridized carbons (Fsp3) is 0.0667. The molecule has 0 radical (unpaired) electrons. The summed E-state index contributed by atoms with van der Waals surface area (Å²) in [6.07, 6.45) is -4.59. The highest BCUT2D eigenvalue weighted by Gasteiger charge is 2.31. The zero-order valence-corrected chi connectivity index (χ0v) is 11.5. The van der Waals surface area contributed by atoms with Gasteiger partial charge in [0.15, 0.2) is 0 Å². The molecular formula is C15H10F3N3O2. The second-order valence-corrected chi connectivity index (χ2v) is 4.92. The van der Waals surface area contributed by atoms with Gasteiger partial charge in [0.25, 0.3) is 5.56 Å². The fourth-order valence-electron chi connectivity index (χ4n) is 2.33.